The molecule has 0 rings (SSSR count). The molecule has 0 bridgehead atoms. The lowest BCUT2D eigenvalue weighted by Crippen LogP contribution is -1.86. The molecule has 0 radical (unpaired) electrons. The van der Waals surface area contributed by atoms with Crippen LogP contribution in [0.4, 0.5) is 0 Å². The number of rotatable bonds is 8. The highest BCUT2D eigenvalue weighted by atomic mass is 14.0. The largest absolute Gasteiger partial charge is 0.0915 e. The topological polar surface area (TPSA) is 0 Å². The van der Waals surface area contributed by atoms with Gasteiger partial charge in [-0.05, 0) is 54.9 Å². The molecule has 19 heavy (non-hydrogen) atoms. The highest BCUT2D eigenvalue weighted by Crippen LogP contribution is 2.15. The Kier molecular flexibility index (Phi) is 8.95. The Balaban J connectivity index is 4.51. The number of hydrogen-bond acceptors (Lipinski definition) is 0. The average molecular weight is 258 g/mol. The molecular formula is C19H30. The van der Waals surface area contributed by atoms with E-state index in [1.807, 2.05) is 0 Å². The molecule has 0 aliphatic rings. The van der Waals surface area contributed by atoms with Crippen LogP contribution in [0.15, 0.2) is 59.8 Å². The second kappa shape index (κ2) is 9.61. The maximum Gasteiger partial charge on any atom is -0.0302 e. The van der Waals surface area contributed by atoms with E-state index in [9.17, 15) is 0 Å². The van der Waals surface area contributed by atoms with Gasteiger partial charge in [0.15, 0.2) is 0 Å². The van der Waals surface area contributed by atoms with Crippen LogP contribution < -0.4 is 0 Å². The van der Waals surface area contributed by atoms with Gasteiger partial charge in [0.05, 0.1) is 0 Å². The lowest BCUT2D eigenvalue weighted by atomic mass is 10.0. The van der Waals surface area contributed by atoms with E-state index in [2.05, 4.69) is 72.1 Å². The van der Waals surface area contributed by atoms with Crippen LogP contribution in [0.25, 0.3) is 0 Å². The molecule has 0 aromatic rings. The van der Waals surface area contributed by atoms with Crippen LogP contribution >= 0.6 is 0 Å². The van der Waals surface area contributed by atoms with Gasteiger partial charge in [0.2, 0.25) is 0 Å². The molecule has 0 heteroatoms. The normalized spacial score (nSPS) is 13.4. The number of unbranched alkanes of at least 4 members (excludes halogenated alkanes) is 1. The minimum absolute atomic E-state index is 0.695. The van der Waals surface area contributed by atoms with Crippen LogP contribution in [0.3, 0.4) is 0 Å². The molecule has 0 aromatic heterocycles. The van der Waals surface area contributed by atoms with E-state index in [4.69, 9.17) is 0 Å². The lowest BCUT2D eigenvalue weighted by molar-refractivity contribution is 0.662. The maximum atomic E-state index is 4.11. The summed E-state index contributed by atoms with van der Waals surface area (Å²) in [6, 6.07) is 0. The third-order valence-corrected chi connectivity index (χ3v) is 3.13. The van der Waals surface area contributed by atoms with Crippen LogP contribution in [0.2, 0.25) is 0 Å². The summed E-state index contributed by atoms with van der Waals surface area (Å²) in [6.07, 6.45) is 12.0. The van der Waals surface area contributed by atoms with Crippen molar-refractivity contribution in [1.82, 2.24) is 0 Å². The Hall–Kier alpha value is -1.30. The van der Waals surface area contributed by atoms with E-state index < -0.39 is 0 Å². The number of hydrogen-bond donors (Lipinski definition) is 0. The zero-order valence-electron chi connectivity index (χ0n) is 13.4. The quantitative estimate of drug-likeness (QED) is 0.442. The zero-order valence-corrected chi connectivity index (χ0v) is 13.4. The third-order valence-electron chi connectivity index (χ3n) is 3.13. The van der Waals surface area contributed by atoms with Crippen molar-refractivity contribution in [3.05, 3.63) is 59.8 Å². The van der Waals surface area contributed by atoms with Crippen molar-refractivity contribution < 1.29 is 0 Å². The van der Waals surface area contributed by atoms with Gasteiger partial charge in [0.1, 0.15) is 0 Å². The fourth-order valence-electron chi connectivity index (χ4n) is 1.50. The molecule has 106 valence electrons. The number of allylic oxidation sites excluding steroid dienone is 8. The standard InChI is InChI=1S/C19H30/c1-8-9-10-16(4)18(6)13-14-19(7)17(5)12-11-15(2)3/h10,12-15H,6-9,11H2,1-5H3/b14-13-,16-10+,17-12+. The highest BCUT2D eigenvalue weighted by Gasteiger charge is 1.96. The molecule has 0 aliphatic heterocycles. The molecule has 0 nitrogen and oxygen atoms in total. The van der Waals surface area contributed by atoms with Gasteiger partial charge in [0, 0.05) is 0 Å². The van der Waals surface area contributed by atoms with E-state index >= 15 is 0 Å². The monoisotopic (exact) mass is 258 g/mol. The third kappa shape index (κ3) is 8.42. The highest BCUT2D eigenvalue weighted by molar-refractivity contribution is 5.43. The predicted molar refractivity (Wildman–Crippen MR) is 89.3 cm³/mol. The Labute approximate surface area is 120 Å². The minimum atomic E-state index is 0.695. The molecule has 0 fully saturated rings. The van der Waals surface area contributed by atoms with Crippen molar-refractivity contribution in [2.75, 3.05) is 0 Å². The average Bonchev–Trinajstić information content (AvgIpc) is 2.38. The summed E-state index contributed by atoms with van der Waals surface area (Å²) in [5, 5.41) is 0. The van der Waals surface area contributed by atoms with Gasteiger partial charge in [-0.15, -0.1) is 0 Å². The van der Waals surface area contributed by atoms with E-state index in [1.54, 1.807) is 0 Å². The van der Waals surface area contributed by atoms with Crippen LogP contribution in [0.1, 0.15) is 53.9 Å². The van der Waals surface area contributed by atoms with Gasteiger partial charge in [-0.1, -0.05) is 64.7 Å². The summed E-state index contributed by atoms with van der Waals surface area (Å²) < 4.78 is 0. The van der Waals surface area contributed by atoms with Gasteiger partial charge >= 0.3 is 0 Å². The minimum Gasteiger partial charge on any atom is -0.0915 e. The molecule has 0 aliphatic carbocycles. The van der Waals surface area contributed by atoms with E-state index in [1.165, 1.54) is 17.6 Å². The van der Waals surface area contributed by atoms with Gasteiger partial charge in [0.25, 0.3) is 0 Å². The summed E-state index contributed by atoms with van der Waals surface area (Å²) in [5.74, 6) is 0.695. The second-order valence-corrected chi connectivity index (χ2v) is 5.58. The van der Waals surface area contributed by atoms with Gasteiger partial charge in [-0.2, -0.15) is 0 Å². The molecule has 0 N–H and O–H groups in total. The molecule has 0 atom stereocenters. The molecule has 0 heterocycles. The molecule has 0 spiro atoms. The van der Waals surface area contributed by atoms with Crippen LogP contribution in [-0.2, 0) is 0 Å². The van der Waals surface area contributed by atoms with E-state index in [0.29, 0.717) is 5.92 Å². The van der Waals surface area contributed by atoms with Crippen molar-refractivity contribution in [2.24, 2.45) is 5.92 Å². The SMILES string of the molecule is C=C(/C=C\C(=C)/C(C)=C/CC(C)C)/C(C)=C/CCC. The van der Waals surface area contributed by atoms with Gasteiger partial charge in [-0.3, -0.25) is 0 Å². The van der Waals surface area contributed by atoms with Crippen molar-refractivity contribution in [1.29, 1.82) is 0 Å². The fraction of sp³-hybridized carbons (Fsp3) is 0.474. The molecular weight excluding hydrogens is 228 g/mol. The van der Waals surface area contributed by atoms with Crippen molar-refractivity contribution in [2.45, 2.75) is 53.9 Å². The Morgan fingerprint density at radius 2 is 1.42 bits per heavy atom. The van der Waals surface area contributed by atoms with Crippen molar-refractivity contribution in [3.63, 3.8) is 0 Å². The first-order valence-corrected chi connectivity index (χ1v) is 7.28. The molecule has 0 saturated carbocycles. The Bertz CT molecular complexity index is 386. The smallest absolute Gasteiger partial charge is 0.0302 e. The molecule has 0 aromatic carbocycles. The summed E-state index contributed by atoms with van der Waals surface area (Å²) in [4.78, 5) is 0. The Morgan fingerprint density at radius 1 is 0.947 bits per heavy atom. The second-order valence-electron chi connectivity index (χ2n) is 5.58. The van der Waals surface area contributed by atoms with Crippen LogP contribution in [0, 0.1) is 5.92 Å². The molecule has 0 amide bonds. The molecule has 0 unspecified atom stereocenters. The lowest BCUT2D eigenvalue weighted by Gasteiger charge is -2.04. The first kappa shape index (κ1) is 17.7. The zero-order chi connectivity index (χ0) is 14.8. The van der Waals surface area contributed by atoms with Crippen molar-refractivity contribution >= 4 is 0 Å². The first-order valence-electron chi connectivity index (χ1n) is 7.28. The van der Waals surface area contributed by atoms with Crippen LogP contribution in [-0.4, -0.2) is 0 Å². The Morgan fingerprint density at radius 3 is 1.84 bits per heavy atom. The summed E-state index contributed by atoms with van der Waals surface area (Å²) in [5.41, 5.74) is 4.67. The summed E-state index contributed by atoms with van der Waals surface area (Å²) >= 11 is 0. The van der Waals surface area contributed by atoms with E-state index in [0.717, 1.165) is 24.0 Å². The fourth-order valence-corrected chi connectivity index (χ4v) is 1.50. The van der Waals surface area contributed by atoms with E-state index in [-0.39, 0.29) is 0 Å². The maximum absolute atomic E-state index is 4.11. The van der Waals surface area contributed by atoms with Crippen LogP contribution in [0.5, 0.6) is 0 Å². The first-order chi connectivity index (χ1) is 8.88. The van der Waals surface area contributed by atoms with Gasteiger partial charge < -0.3 is 0 Å². The summed E-state index contributed by atoms with van der Waals surface area (Å²) in [6.45, 7) is 19.1. The van der Waals surface area contributed by atoms with Gasteiger partial charge in [-0.25, -0.2) is 0 Å². The summed E-state index contributed by atoms with van der Waals surface area (Å²) in [7, 11) is 0. The predicted octanol–water partition coefficient (Wildman–Crippen LogP) is 6.39. The van der Waals surface area contributed by atoms with Crippen molar-refractivity contribution in [3.8, 4) is 0 Å². The molecule has 0 saturated heterocycles.